The third kappa shape index (κ3) is 3.48. The number of benzene rings is 2. The Hall–Kier alpha value is -1.03. The minimum absolute atomic E-state index is 0.234. The average Bonchev–Trinajstić information content (AvgIpc) is 2.33. The molecule has 1 nitrogen and oxygen atoms in total. The second kappa shape index (κ2) is 6.23. The van der Waals surface area contributed by atoms with Gasteiger partial charge in [-0.1, -0.05) is 35.5 Å². The highest BCUT2D eigenvalue weighted by molar-refractivity contribution is 7.99. The van der Waals surface area contributed by atoms with Crippen molar-refractivity contribution < 1.29 is 4.39 Å². The van der Waals surface area contributed by atoms with Gasteiger partial charge in [-0.25, -0.2) is 4.39 Å². The highest BCUT2D eigenvalue weighted by Crippen LogP contribution is 2.32. The van der Waals surface area contributed by atoms with E-state index in [9.17, 15) is 4.39 Å². The Bertz CT molecular complexity index is 545. The standard InChI is InChI=1S/C14H13ClFNS/c15-11-5-4-10(6-7-17)14(8-11)18-13-3-1-2-12(16)9-13/h1-5,8-9H,6-7,17H2. The zero-order valence-corrected chi connectivity index (χ0v) is 11.3. The third-order valence-corrected chi connectivity index (χ3v) is 3.79. The lowest BCUT2D eigenvalue weighted by Gasteiger charge is -2.09. The van der Waals surface area contributed by atoms with E-state index in [1.165, 1.54) is 23.9 Å². The first-order valence-electron chi connectivity index (χ1n) is 5.61. The smallest absolute Gasteiger partial charge is 0.124 e. The third-order valence-electron chi connectivity index (χ3n) is 2.47. The van der Waals surface area contributed by atoms with Crippen molar-refractivity contribution in [3.63, 3.8) is 0 Å². The fourth-order valence-electron chi connectivity index (χ4n) is 1.64. The van der Waals surface area contributed by atoms with Crippen molar-refractivity contribution in [3.05, 3.63) is 58.9 Å². The highest BCUT2D eigenvalue weighted by Gasteiger charge is 2.06. The van der Waals surface area contributed by atoms with Gasteiger partial charge < -0.3 is 5.73 Å². The molecule has 4 heteroatoms. The molecule has 0 aliphatic carbocycles. The van der Waals surface area contributed by atoms with Crippen LogP contribution in [0.4, 0.5) is 4.39 Å². The summed E-state index contributed by atoms with van der Waals surface area (Å²) in [6.07, 6.45) is 0.787. The number of nitrogens with two attached hydrogens (primary N) is 1. The Labute approximate surface area is 115 Å². The van der Waals surface area contributed by atoms with Gasteiger partial charge in [0.05, 0.1) is 0 Å². The van der Waals surface area contributed by atoms with E-state index in [1.807, 2.05) is 24.3 Å². The Morgan fingerprint density at radius 1 is 1.17 bits per heavy atom. The average molecular weight is 282 g/mol. The van der Waals surface area contributed by atoms with E-state index < -0.39 is 0 Å². The van der Waals surface area contributed by atoms with Crippen LogP contribution in [0.15, 0.2) is 52.3 Å². The molecule has 2 rings (SSSR count). The van der Waals surface area contributed by atoms with Crippen molar-refractivity contribution >= 4 is 23.4 Å². The van der Waals surface area contributed by atoms with E-state index in [2.05, 4.69) is 0 Å². The molecule has 0 unspecified atom stereocenters. The van der Waals surface area contributed by atoms with Gasteiger partial charge in [0.25, 0.3) is 0 Å². The Morgan fingerprint density at radius 2 is 2.00 bits per heavy atom. The molecule has 2 N–H and O–H groups in total. The predicted octanol–water partition coefficient (Wildman–Crippen LogP) is 4.13. The van der Waals surface area contributed by atoms with Crippen LogP contribution in [0, 0.1) is 5.82 Å². The Balaban J connectivity index is 2.29. The van der Waals surface area contributed by atoms with Gasteiger partial charge in [0, 0.05) is 14.8 Å². The van der Waals surface area contributed by atoms with Gasteiger partial charge in [0.15, 0.2) is 0 Å². The predicted molar refractivity (Wildman–Crippen MR) is 74.7 cm³/mol. The maximum absolute atomic E-state index is 13.1. The summed E-state index contributed by atoms with van der Waals surface area (Å²) >= 11 is 7.50. The molecule has 0 bridgehead atoms. The Kier molecular flexibility index (Phi) is 4.64. The second-order valence-electron chi connectivity index (χ2n) is 3.85. The molecule has 0 heterocycles. The van der Waals surface area contributed by atoms with Crippen LogP contribution < -0.4 is 5.73 Å². The number of hydrogen-bond acceptors (Lipinski definition) is 2. The van der Waals surface area contributed by atoms with E-state index in [-0.39, 0.29) is 5.82 Å². The largest absolute Gasteiger partial charge is 0.330 e. The quantitative estimate of drug-likeness (QED) is 0.912. The summed E-state index contributed by atoms with van der Waals surface area (Å²) < 4.78 is 13.1. The first-order valence-corrected chi connectivity index (χ1v) is 6.80. The molecule has 2 aromatic carbocycles. The summed E-state index contributed by atoms with van der Waals surface area (Å²) in [5, 5.41) is 0.676. The first-order chi connectivity index (χ1) is 8.69. The summed E-state index contributed by atoms with van der Waals surface area (Å²) in [6, 6.07) is 12.2. The zero-order valence-electron chi connectivity index (χ0n) is 9.70. The van der Waals surface area contributed by atoms with Crippen molar-refractivity contribution in [1.29, 1.82) is 0 Å². The van der Waals surface area contributed by atoms with Crippen LogP contribution >= 0.6 is 23.4 Å². The molecule has 0 aliphatic heterocycles. The van der Waals surface area contributed by atoms with Crippen molar-refractivity contribution in [2.24, 2.45) is 5.73 Å². The van der Waals surface area contributed by atoms with Crippen molar-refractivity contribution in [2.75, 3.05) is 6.54 Å². The minimum Gasteiger partial charge on any atom is -0.330 e. The van der Waals surface area contributed by atoms with Gasteiger partial charge in [-0.05, 0) is 48.9 Å². The Morgan fingerprint density at radius 3 is 2.72 bits per heavy atom. The van der Waals surface area contributed by atoms with E-state index in [4.69, 9.17) is 17.3 Å². The van der Waals surface area contributed by atoms with E-state index in [0.29, 0.717) is 11.6 Å². The lowest BCUT2D eigenvalue weighted by molar-refractivity contribution is 0.624. The van der Waals surface area contributed by atoms with E-state index in [1.54, 1.807) is 6.07 Å². The molecule has 0 aliphatic rings. The highest BCUT2D eigenvalue weighted by atomic mass is 35.5. The molecule has 0 spiro atoms. The van der Waals surface area contributed by atoms with Crippen LogP contribution in [-0.4, -0.2) is 6.54 Å². The maximum atomic E-state index is 13.1. The lowest BCUT2D eigenvalue weighted by atomic mass is 10.1. The fourth-order valence-corrected chi connectivity index (χ4v) is 2.94. The summed E-state index contributed by atoms with van der Waals surface area (Å²) in [7, 11) is 0. The lowest BCUT2D eigenvalue weighted by Crippen LogP contribution is -2.03. The van der Waals surface area contributed by atoms with Crippen molar-refractivity contribution in [3.8, 4) is 0 Å². The SMILES string of the molecule is NCCc1ccc(Cl)cc1Sc1cccc(F)c1. The topological polar surface area (TPSA) is 26.0 Å². The fraction of sp³-hybridized carbons (Fsp3) is 0.143. The zero-order chi connectivity index (χ0) is 13.0. The van der Waals surface area contributed by atoms with Crippen LogP contribution in [0.3, 0.4) is 0 Å². The molecule has 0 radical (unpaired) electrons. The molecule has 94 valence electrons. The number of halogens is 2. The van der Waals surface area contributed by atoms with Gasteiger partial charge in [0.2, 0.25) is 0 Å². The molecule has 2 aromatic rings. The number of hydrogen-bond donors (Lipinski definition) is 1. The van der Waals surface area contributed by atoms with Crippen molar-refractivity contribution in [2.45, 2.75) is 16.2 Å². The molecule has 18 heavy (non-hydrogen) atoms. The second-order valence-corrected chi connectivity index (χ2v) is 5.40. The van der Waals surface area contributed by atoms with Crippen LogP contribution in [0.5, 0.6) is 0 Å². The van der Waals surface area contributed by atoms with Crippen LogP contribution in [0.2, 0.25) is 5.02 Å². The normalized spacial score (nSPS) is 10.6. The van der Waals surface area contributed by atoms with Crippen LogP contribution in [-0.2, 0) is 6.42 Å². The molecule has 0 saturated heterocycles. The minimum atomic E-state index is -0.234. The summed E-state index contributed by atoms with van der Waals surface area (Å²) in [5.74, 6) is -0.234. The van der Waals surface area contributed by atoms with Gasteiger partial charge in [-0.2, -0.15) is 0 Å². The molecular formula is C14H13ClFNS. The monoisotopic (exact) mass is 281 g/mol. The number of rotatable bonds is 4. The molecular weight excluding hydrogens is 269 g/mol. The first kappa shape index (κ1) is 13.4. The molecule has 0 atom stereocenters. The van der Waals surface area contributed by atoms with Gasteiger partial charge in [-0.15, -0.1) is 0 Å². The molecule has 0 aromatic heterocycles. The van der Waals surface area contributed by atoms with Crippen LogP contribution in [0.1, 0.15) is 5.56 Å². The molecule has 0 saturated carbocycles. The van der Waals surface area contributed by atoms with Gasteiger partial charge in [0.1, 0.15) is 5.82 Å². The van der Waals surface area contributed by atoms with Crippen molar-refractivity contribution in [1.82, 2.24) is 0 Å². The summed E-state index contributed by atoms with van der Waals surface area (Å²) in [6.45, 7) is 0.582. The van der Waals surface area contributed by atoms with Gasteiger partial charge in [-0.3, -0.25) is 0 Å². The van der Waals surface area contributed by atoms with E-state index >= 15 is 0 Å². The molecule has 0 amide bonds. The van der Waals surface area contributed by atoms with E-state index in [0.717, 1.165) is 21.8 Å². The van der Waals surface area contributed by atoms with Gasteiger partial charge >= 0.3 is 0 Å². The van der Waals surface area contributed by atoms with Crippen LogP contribution in [0.25, 0.3) is 0 Å². The summed E-state index contributed by atoms with van der Waals surface area (Å²) in [4.78, 5) is 1.88. The molecule has 0 fully saturated rings. The summed E-state index contributed by atoms with van der Waals surface area (Å²) in [5.41, 5.74) is 6.72. The maximum Gasteiger partial charge on any atom is 0.124 e.